The summed E-state index contributed by atoms with van der Waals surface area (Å²) in [5, 5.41) is 9.02. The molecule has 0 atom stereocenters. The Labute approximate surface area is 178 Å². The summed E-state index contributed by atoms with van der Waals surface area (Å²) in [4.78, 5) is 17.3. The van der Waals surface area contributed by atoms with Gasteiger partial charge in [-0.15, -0.1) is 0 Å². The fourth-order valence-corrected chi connectivity index (χ4v) is 3.72. The number of aromatic nitrogens is 3. The van der Waals surface area contributed by atoms with Crippen LogP contribution in [0.3, 0.4) is 0 Å². The molecule has 0 bridgehead atoms. The molecule has 0 spiro atoms. The Balaban J connectivity index is 1.63. The zero-order valence-electron chi connectivity index (χ0n) is 16.8. The van der Waals surface area contributed by atoms with Gasteiger partial charge in [0.05, 0.1) is 11.0 Å². The summed E-state index contributed by atoms with van der Waals surface area (Å²) in [5.74, 6) is -0.575. The maximum absolute atomic E-state index is 14.1. The molecule has 0 saturated carbocycles. The van der Waals surface area contributed by atoms with Crippen LogP contribution in [-0.4, -0.2) is 20.7 Å². The number of anilines is 1. The molecule has 0 aliphatic rings. The van der Waals surface area contributed by atoms with Crippen molar-refractivity contribution in [2.24, 2.45) is 0 Å². The summed E-state index contributed by atoms with van der Waals surface area (Å²) >= 11 is 0. The summed E-state index contributed by atoms with van der Waals surface area (Å²) in [6, 6.07) is 21.7. The van der Waals surface area contributed by atoms with Crippen molar-refractivity contribution in [2.75, 3.05) is 5.32 Å². The van der Waals surface area contributed by atoms with Crippen molar-refractivity contribution in [3.8, 4) is 11.3 Å². The molecular weight excluding hydrogens is 391 g/mol. The number of amides is 1. The van der Waals surface area contributed by atoms with E-state index < -0.39 is 0 Å². The number of fused-ring (bicyclic) bond motifs is 3. The minimum atomic E-state index is -0.361. The second-order valence-electron chi connectivity index (χ2n) is 7.47. The number of hydrogen-bond acceptors (Lipinski definition) is 3. The van der Waals surface area contributed by atoms with E-state index >= 15 is 0 Å². The summed E-state index contributed by atoms with van der Waals surface area (Å²) in [7, 11) is 0. The number of nitrogens with one attached hydrogen (secondary N) is 1. The van der Waals surface area contributed by atoms with E-state index in [1.807, 2.05) is 61.5 Å². The molecular formula is C25H19FN4O. The minimum absolute atomic E-state index is 0.00711. The van der Waals surface area contributed by atoms with Gasteiger partial charge >= 0.3 is 0 Å². The number of benzene rings is 3. The van der Waals surface area contributed by atoms with Crippen molar-refractivity contribution >= 4 is 33.4 Å². The standard InChI is InChI=1S/C25H19FN4O/c1-16-7-10-19(11-8-16)28-23(31)15-30-25-20-13-18(26)9-12-22(20)27-14-21(25)24(29-30)17-5-3-2-4-6-17/h2-14H,15H2,1H3,(H,28,31). The fourth-order valence-electron chi connectivity index (χ4n) is 3.72. The highest BCUT2D eigenvalue weighted by molar-refractivity contribution is 6.08. The zero-order chi connectivity index (χ0) is 21.4. The highest BCUT2D eigenvalue weighted by Gasteiger charge is 2.18. The van der Waals surface area contributed by atoms with Gasteiger partial charge in [0.25, 0.3) is 0 Å². The van der Waals surface area contributed by atoms with Crippen molar-refractivity contribution in [3.05, 3.63) is 90.4 Å². The van der Waals surface area contributed by atoms with Crippen LogP contribution >= 0.6 is 0 Å². The van der Waals surface area contributed by atoms with E-state index in [1.165, 1.54) is 12.1 Å². The van der Waals surface area contributed by atoms with E-state index in [4.69, 9.17) is 5.10 Å². The molecule has 5 rings (SSSR count). The first-order valence-electron chi connectivity index (χ1n) is 9.95. The topological polar surface area (TPSA) is 59.8 Å². The monoisotopic (exact) mass is 410 g/mol. The highest BCUT2D eigenvalue weighted by atomic mass is 19.1. The number of rotatable bonds is 4. The lowest BCUT2D eigenvalue weighted by molar-refractivity contribution is -0.116. The van der Waals surface area contributed by atoms with Crippen LogP contribution in [0.4, 0.5) is 10.1 Å². The zero-order valence-corrected chi connectivity index (χ0v) is 16.8. The first-order valence-corrected chi connectivity index (χ1v) is 9.95. The van der Waals surface area contributed by atoms with Crippen LogP contribution in [0.1, 0.15) is 5.56 Å². The third-order valence-electron chi connectivity index (χ3n) is 5.21. The van der Waals surface area contributed by atoms with E-state index in [1.54, 1.807) is 16.9 Å². The SMILES string of the molecule is Cc1ccc(NC(=O)Cn2nc(-c3ccccc3)c3cnc4ccc(F)cc4c32)cc1. The predicted molar refractivity (Wildman–Crippen MR) is 120 cm³/mol. The third-order valence-corrected chi connectivity index (χ3v) is 5.21. The molecule has 0 saturated heterocycles. The Kier molecular flexibility index (Phi) is 4.67. The van der Waals surface area contributed by atoms with Crippen LogP contribution in [0.15, 0.2) is 79.0 Å². The van der Waals surface area contributed by atoms with E-state index in [0.29, 0.717) is 27.8 Å². The van der Waals surface area contributed by atoms with Crippen molar-refractivity contribution in [1.29, 1.82) is 0 Å². The molecule has 0 unspecified atom stereocenters. The number of aryl methyl sites for hydroxylation is 1. The molecule has 2 aromatic heterocycles. The molecule has 1 N–H and O–H groups in total. The Bertz CT molecular complexity index is 1410. The smallest absolute Gasteiger partial charge is 0.246 e. The van der Waals surface area contributed by atoms with Gasteiger partial charge in [-0.05, 0) is 37.3 Å². The average Bonchev–Trinajstić information content (AvgIpc) is 3.14. The third kappa shape index (κ3) is 3.64. The molecule has 5 aromatic rings. The lowest BCUT2D eigenvalue weighted by Gasteiger charge is -2.08. The number of halogens is 1. The number of carbonyl (C=O) groups excluding carboxylic acids is 1. The first-order chi connectivity index (χ1) is 15.1. The molecule has 0 aliphatic heterocycles. The van der Waals surface area contributed by atoms with Gasteiger partial charge in [0.2, 0.25) is 5.91 Å². The number of hydrogen-bond donors (Lipinski definition) is 1. The quantitative estimate of drug-likeness (QED) is 0.435. The van der Waals surface area contributed by atoms with E-state index in [9.17, 15) is 9.18 Å². The Morgan fingerprint density at radius 2 is 1.77 bits per heavy atom. The first kappa shape index (κ1) is 18.9. The van der Waals surface area contributed by atoms with Gasteiger partial charge in [-0.1, -0.05) is 48.0 Å². The largest absolute Gasteiger partial charge is 0.324 e. The lowest BCUT2D eigenvalue weighted by atomic mass is 10.1. The maximum atomic E-state index is 14.1. The molecule has 0 aliphatic carbocycles. The van der Waals surface area contributed by atoms with Crippen LogP contribution in [0.2, 0.25) is 0 Å². The number of nitrogens with zero attached hydrogens (tertiary/aromatic N) is 3. The summed E-state index contributed by atoms with van der Waals surface area (Å²) in [6.07, 6.45) is 1.74. The van der Waals surface area contributed by atoms with Crippen molar-refractivity contribution in [1.82, 2.24) is 14.8 Å². The normalized spacial score (nSPS) is 11.2. The molecule has 0 fully saturated rings. The van der Waals surface area contributed by atoms with Gasteiger partial charge in [-0.2, -0.15) is 5.10 Å². The average molecular weight is 410 g/mol. The molecule has 5 nitrogen and oxygen atoms in total. The van der Waals surface area contributed by atoms with Crippen molar-refractivity contribution in [2.45, 2.75) is 13.5 Å². The Morgan fingerprint density at radius 1 is 1.00 bits per heavy atom. The Morgan fingerprint density at radius 3 is 2.55 bits per heavy atom. The molecule has 152 valence electrons. The van der Waals surface area contributed by atoms with Crippen LogP contribution in [0.25, 0.3) is 33.1 Å². The van der Waals surface area contributed by atoms with Gasteiger partial charge in [-0.25, -0.2) is 4.39 Å². The van der Waals surface area contributed by atoms with Crippen LogP contribution in [0, 0.1) is 12.7 Å². The summed E-state index contributed by atoms with van der Waals surface area (Å²) < 4.78 is 15.7. The summed E-state index contributed by atoms with van der Waals surface area (Å²) in [6.45, 7) is 1.98. The number of carbonyl (C=O) groups is 1. The van der Waals surface area contributed by atoms with Gasteiger partial charge in [0.1, 0.15) is 18.1 Å². The van der Waals surface area contributed by atoms with E-state index in [-0.39, 0.29) is 18.3 Å². The number of pyridine rings is 1. The van der Waals surface area contributed by atoms with Gasteiger partial charge < -0.3 is 5.32 Å². The minimum Gasteiger partial charge on any atom is -0.324 e. The van der Waals surface area contributed by atoms with E-state index in [0.717, 1.165) is 16.5 Å². The van der Waals surface area contributed by atoms with Gasteiger partial charge in [0.15, 0.2) is 0 Å². The van der Waals surface area contributed by atoms with Crippen LogP contribution < -0.4 is 5.32 Å². The molecule has 6 heteroatoms. The van der Waals surface area contributed by atoms with Crippen molar-refractivity contribution < 1.29 is 9.18 Å². The maximum Gasteiger partial charge on any atom is 0.246 e. The second kappa shape index (κ2) is 7.65. The molecule has 2 heterocycles. The molecule has 31 heavy (non-hydrogen) atoms. The van der Waals surface area contributed by atoms with Crippen LogP contribution in [0.5, 0.6) is 0 Å². The second-order valence-corrected chi connectivity index (χ2v) is 7.47. The Hall–Kier alpha value is -4.06. The van der Waals surface area contributed by atoms with Crippen molar-refractivity contribution in [3.63, 3.8) is 0 Å². The van der Waals surface area contributed by atoms with Gasteiger partial charge in [-0.3, -0.25) is 14.5 Å². The highest BCUT2D eigenvalue weighted by Crippen LogP contribution is 2.32. The molecule has 3 aromatic carbocycles. The van der Waals surface area contributed by atoms with E-state index in [2.05, 4.69) is 10.3 Å². The predicted octanol–water partition coefficient (Wildman–Crippen LogP) is 5.34. The lowest BCUT2D eigenvalue weighted by Crippen LogP contribution is -2.19. The summed E-state index contributed by atoms with van der Waals surface area (Å²) in [5.41, 5.74) is 4.77. The van der Waals surface area contributed by atoms with Gasteiger partial charge in [0, 0.05) is 28.2 Å². The molecule has 1 amide bonds. The van der Waals surface area contributed by atoms with Crippen LogP contribution in [-0.2, 0) is 11.3 Å². The fraction of sp³-hybridized carbons (Fsp3) is 0.0800. The molecule has 0 radical (unpaired) electrons.